The molecule has 1 aliphatic heterocycles. The highest BCUT2D eigenvalue weighted by Crippen LogP contribution is 2.32. The Balaban J connectivity index is 1.56. The van der Waals surface area contributed by atoms with Crippen molar-refractivity contribution in [2.24, 2.45) is 0 Å². The highest BCUT2D eigenvalue weighted by molar-refractivity contribution is 6.09. The summed E-state index contributed by atoms with van der Waals surface area (Å²) in [5, 5.41) is 16.9. The maximum absolute atomic E-state index is 12.7. The Morgan fingerprint density at radius 1 is 1.18 bits per heavy atom. The molecule has 0 atom stereocenters. The van der Waals surface area contributed by atoms with Gasteiger partial charge in [-0.2, -0.15) is 10.4 Å². The fraction of sp³-hybridized carbons (Fsp3) is 0.240. The molecule has 0 saturated carbocycles. The highest BCUT2D eigenvalue weighted by atomic mass is 16.6. The minimum Gasteiger partial charge on any atom is -0.496 e. The highest BCUT2D eigenvalue weighted by Gasteiger charge is 2.15. The summed E-state index contributed by atoms with van der Waals surface area (Å²) < 4.78 is 18.4. The van der Waals surface area contributed by atoms with E-state index < -0.39 is 5.91 Å². The van der Waals surface area contributed by atoms with E-state index in [1.807, 2.05) is 42.8 Å². The number of ether oxygens (including phenoxy) is 3. The van der Waals surface area contributed by atoms with Crippen LogP contribution in [0.1, 0.15) is 22.5 Å². The number of nitrogens with zero attached hydrogens (tertiary/aromatic N) is 3. The number of amides is 1. The van der Waals surface area contributed by atoms with Crippen molar-refractivity contribution in [2.75, 3.05) is 25.6 Å². The Morgan fingerprint density at radius 3 is 2.67 bits per heavy atom. The largest absolute Gasteiger partial charge is 0.496 e. The zero-order chi connectivity index (χ0) is 23.4. The number of methoxy groups -OCH3 is 1. The SMILES string of the molecule is COc1ccc(/C=C(\C#N)C(=O)Nc2ccc3c(c2)OCCO3)cc1Cn1nc(C)cc1C. The molecule has 33 heavy (non-hydrogen) atoms. The number of carbonyl (C=O) groups is 1. The minimum absolute atomic E-state index is 0.0212. The molecule has 1 aromatic heterocycles. The van der Waals surface area contributed by atoms with Crippen molar-refractivity contribution < 1.29 is 19.0 Å². The molecule has 0 spiro atoms. The standard InChI is InChI=1S/C25H24N4O4/c1-16-10-17(2)29(28-16)15-20-12-18(4-6-22(20)31-3)11-19(14-26)25(30)27-21-5-7-23-24(13-21)33-9-8-32-23/h4-7,10-13H,8-9,15H2,1-3H3,(H,27,30)/b19-11+. The number of hydrogen-bond acceptors (Lipinski definition) is 6. The van der Waals surface area contributed by atoms with Gasteiger partial charge in [-0.25, -0.2) is 0 Å². The topological polar surface area (TPSA) is 98.4 Å². The summed E-state index contributed by atoms with van der Waals surface area (Å²) in [6.07, 6.45) is 1.55. The number of nitriles is 1. The van der Waals surface area contributed by atoms with Gasteiger partial charge >= 0.3 is 0 Å². The normalized spacial score (nSPS) is 12.7. The van der Waals surface area contributed by atoms with Crippen molar-refractivity contribution in [1.82, 2.24) is 9.78 Å². The number of carbonyl (C=O) groups excluding carboxylic acids is 1. The van der Waals surface area contributed by atoms with Crippen molar-refractivity contribution in [2.45, 2.75) is 20.4 Å². The van der Waals surface area contributed by atoms with E-state index in [-0.39, 0.29) is 5.57 Å². The minimum atomic E-state index is -0.509. The molecule has 4 rings (SSSR count). The smallest absolute Gasteiger partial charge is 0.266 e. The third-order valence-electron chi connectivity index (χ3n) is 5.20. The molecule has 8 heteroatoms. The van der Waals surface area contributed by atoms with Crippen LogP contribution in [0.4, 0.5) is 5.69 Å². The van der Waals surface area contributed by atoms with Crippen LogP contribution in [0, 0.1) is 25.2 Å². The van der Waals surface area contributed by atoms with E-state index in [1.165, 1.54) is 0 Å². The lowest BCUT2D eigenvalue weighted by Gasteiger charge is -2.18. The number of hydrogen-bond donors (Lipinski definition) is 1. The molecule has 0 aliphatic carbocycles. The second-order valence-electron chi connectivity index (χ2n) is 7.64. The molecule has 0 bridgehead atoms. The molecule has 168 valence electrons. The Morgan fingerprint density at radius 2 is 1.97 bits per heavy atom. The van der Waals surface area contributed by atoms with Gasteiger partial charge in [-0.05, 0) is 55.8 Å². The second-order valence-corrected chi connectivity index (χ2v) is 7.64. The van der Waals surface area contributed by atoms with Gasteiger partial charge in [0.1, 0.15) is 30.6 Å². The number of rotatable bonds is 6. The van der Waals surface area contributed by atoms with Crippen LogP contribution >= 0.6 is 0 Å². The maximum Gasteiger partial charge on any atom is 0.266 e. The molecule has 1 aliphatic rings. The van der Waals surface area contributed by atoms with Gasteiger partial charge in [-0.3, -0.25) is 9.48 Å². The fourth-order valence-corrected chi connectivity index (χ4v) is 3.64. The summed E-state index contributed by atoms with van der Waals surface area (Å²) in [6, 6.07) is 14.6. The van der Waals surface area contributed by atoms with Crippen molar-refractivity contribution in [3.63, 3.8) is 0 Å². The first-order valence-electron chi connectivity index (χ1n) is 10.5. The molecule has 0 radical (unpaired) electrons. The predicted octanol–water partition coefficient (Wildman–Crippen LogP) is 3.87. The van der Waals surface area contributed by atoms with E-state index in [9.17, 15) is 10.1 Å². The summed E-state index contributed by atoms with van der Waals surface area (Å²) in [7, 11) is 1.61. The predicted molar refractivity (Wildman–Crippen MR) is 123 cm³/mol. The maximum atomic E-state index is 12.7. The number of aryl methyl sites for hydroxylation is 2. The van der Waals surface area contributed by atoms with Crippen molar-refractivity contribution in [3.05, 3.63) is 70.6 Å². The molecule has 8 nitrogen and oxygen atoms in total. The van der Waals surface area contributed by atoms with Crippen LogP contribution < -0.4 is 19.5 Å². The molecule has 0 fully saturated rings. The van der Waals surface area contributed by atoms with Gasteiger partial charge in [-0.1, -0.05) is 6.07 Å². The number of benzene rings is 2. The third-order valence-corrected chi connectivity index (χ3v) is 5.20. The van der Waals surface area contributed by atoms with Gasteiger partial charge in [0.2, 0.25) is 0 Å². The van der Waals surface area contributed by atoms with Crippen molar-refractivity contribution in [3.8, 4) is 23.3 Å². The first-order chi connectivity index (χ1) is 16.0. The molecule has 0 saturated heterocycles. The first kappa shape index (κ1) is 22.0. The van der Waals surface area contributed by atoms with Gasteiger partial charge in [0, 0.05) is 23.0 Å². The van der Waals surface area contributed by atoms with Gasteiger partial charge < -0.3 is 19.5 Å². The van der Waals surface area contributed by atoms with Gasteiger partial charge in [0.05, 0.1) is 19.3 Å². The summed E-state index contributed by atoms with van der Waals surface area (Å²) in [5.41, 5.74) is 4.07. The van der Waals surface area contributed by atoms with Crippen LogP contribution in [0.5, 0.6) is 17.2 Å². The average molecular weight is 444 g/mol. The van der Waals surface area contributed by atoms with Crippen molar-refractivity contribution >= 4 is 17.7 Å². The number of anilines is 1. The Labute approximate surface area is 192 Å². The quantitative estimate of drug-likeness (QED) is 0.458. The van der Waals surface area contributed by atoms with Gasteiger partial charge in [0.25, 0.3) is 5.91 Å². The van der Waals surface area contributed by atoms with Crippen LogP contribution in [-0.4, -0.2) is 36.0 Å². The average Bonchev–Trinajstić information content (AvgIpc) is 3.13. The monoisotopic (exact) mass is 444 g/mol. The van der Waals surface area contributed by atoms with E-state index >= 15 is 0 Å². The molecular formula is C25H24N4O4. The van der Waals surface area contributed by atoms with E-state index in [0.29, 0.717) is 48.3 Å². The Bertz CT molecular complexity index is 1270. The summed E-state index contributed by atoms with van der Waals surface area (Å²) in [6.45, 7) is 5.38. The van der Waals surface area contributed by atoms with E-state index in [0.717, 1.165) is 17.0 Å². The zero-order valence-corrected chi connectivity index (χ0v) is 18.7. The van der Waals surface area contributed by atoms with E-state index in [4.69, 9.17) is 14.2 Å². The molecule has 0 unspecified atom stereocenters. The van der Waals surface area contributed by atoms with E-state index in [2.05, 4.69) is 10.4 Å². The lowest BCUT2D eigenvalue weighted by molar-refractivity contribution is -0.112. The number of nitrogens with one attached hydrogen (secondary N) is 1. The number of aromatic nitrogens is 2. The third kappa shape index (κ3) is 4.99. The van der Waals surface area contributed by atoms with E-state index in [1.54, 1.807) is 37.5 Å². The summed E-state index contributed by atoms with van der Waals surface area (Å²) in [5.74, 6) is 1.39. The Kier molecular flexibility index (Phi) is 6.31. The molecule has 1 N–H and O–H groups in total. The number of fused-ring (bicyclic) bond motifs is 1. The molecule has 1 amide bonds. The fourth-order valence-electron chi connectivity index (χ4n) is 3.64. The molecule has 3 aromatic rings. The molecule has 2 aromatic carbocycles. The lowest BCUT2D eigenvalue weighted by atomic mass is 10.1. The van der Waals surface area contributed by atoms with Crippen molar-refractivity contribution in [1.29, 1.82) is 5.26 Å². The summed E-state index contributed by atoms with van der Waals surface area (Å²) >= 11 is 0. The summed E-state index contributed by atoms with van der Waals surface area (Å²) in [4.78, 5) is 12.7. The van der Waals surface area contributed by atoms with Crippen LogP contribution in [-0.2, 0) is 11.3 Å². The molecule has 2 heterocycles. The zero-order valence-electron chi connectivity index (χ0n) is 18.7. The van der Waals surface area contributed by atoms with Gasteiger partial charge in [-0.15, -0.1) is 0 Å². The van der Waals surface area contributed by atoms with Crippen LogP contribution in [0.2, 0.25) is 0 Å². The molecular weight excluding hydrogens is 420 g/mol. The van der Waals surface area contributed by atoms with Crippen LogP contribution in [0.25, 0.3) is 6.08 Å². The van der Waals surface area contributed by atoms with Crippen LogP contribution in [0.15, 0.2) is 48.0 Å². The second kappa shape index (κ2) is 9.49. The van der Waals surface area contributed by atoms with Gasteiger partial charge in [0.15, 0.2) is 11.5 Å². The van der Waals surface area contributed by atoms with Crippen LogP contribution in [0.3, 0.4) is 0 Å². The Hall–Kier alpha value is -4.25. The lowest BCUT2D eigenvalue weighted by Crippen LogP contribution is -2.17. The first-order valence-corrected chi connectivity index (χ1v) is 10.5.